The fourth-order valence-electron chi connectivity index (χ4n) is 3.13. The molecule has 0 radical (unpaired) electrons. The van der Waals surface area contributed by atoms with Crippen molar-refractivity contribution in [2.24, 2.45) is 5.41 Å². The van der Waals surface area contributed by atoms with Gasteiger partial charge in [0.15, 0.2) is 0 Å². The van der Waals surface area contributed by atoms with E-state index in [1.165, 1.54) is 17.0 Å². The number of nitrogens with zero attached hydrogens (tertiary/aromatic N) is 2. The molecule has 4 nitrogen and oxygen atoms in total. The average molecular weight is 276 g/mol. The maximum Gasteiger partial charge on any atom is 0.264 e. The number of benzene rings is 1. The predicted octanol–water partition coefficient (Wildman–Crippen LogP) is 2.09. The lowest BCUT2D eigenvalue weighted by atomic mass is 9.87. The van der Waals surface area contributed by atoms with Crippen LogP contribution in [0.25, 0.3) is 10.9 Å². The number of hydrogen-bond donors (Lipinski definition) is 1. The van der Waals surface area contributed by atoms with Gasteiger partial charge in [-0.2, -0.15) is 0 Å². The van der Waals surface area contributed by atoms with Gasteiger partial charge in [-0.1, -0.05) is 18.9 Å². The first-order chi connectivity index (χ1) is 9.65. The van der Waals surface area contributed by atoms with Crippen molar-refractivity contribution in [3.8, 4) is 0 Å². The number of rotatable bonds is 3. The molecule has 20 heavy (non-hydrogen) atoms. The van der Waals surface area contributed by atoms with E-state index in [0.29, 0.717) is 12.1 Å². The first-order valence-corrected chi connectivity index (χ1v) is 6.90. The van der Waals surface area contributed by atoms with Crippen LogP contribution in [0.15, 0.2) is 29.3 Å². The highest BCUT2D eigenvalue weighted by Crippen LogP contribution is 2.38. The summed E-state index contributed by atoms with van der Waals surface area (Å²) in [4.78, 5) is 16.5. The van der Waals surface area contributed by atoms with Crippen molar-refractivity contribution in [1.82, 2.24) is 9.55 Å². The molecular weight excluding hydrogens is 259 g/mol. The van der Waals surface area contributed by atoms with Gasteiger partial charge in [-0.3, -0.25) is 9.36 Å². The van der Waals surface area contributed by atoms with Crippen molar-refractivity contribution in [1.29, 1.82) is 0 Å². The molecular formula is C15H17FN2O2. The molecule has 0 unspecified atom stereocenters. The van der Waals surface area contributed by atoms with Gasteiger partial charge in [-0.15, -0.1) is 0 Å². The predicted molar refractivity (Wildman–Crippen MR) is 73.9 cm³/mol. The fourth-order valence-corrected chi connectivity index (χ4v) is 3.13. The quantitative estimate of drug-likeness (QED) is 0.934. The zero-order valence-corrected chi connectivity index (χ0v) is 11.2. The Labute approximate surface area is 115 Å². The Kier molecular flexibility index (Phi) is 3.30. The molecule has 0 atom stereocenters. The summed E-state index contributed by atoms with van der Waals surface area (Å²) in [6, 6.07) is 4.44. The van der Waals surface area contributed by atoms with E-state index in [9.17, 15) is 14.3 Å². The van der Waals surface area contributed by atoms with Crippen LogP contribution in [0.3, 0.4) is 0 Å². The smallest absolute Gasteiger partial charge is 0.264 e. The molecule has 0 amide bonds. The molecule has 0 saturated heterocycles. The van der Waals surface area contributed by atoms with Crippen LogP contribution in [-0.2, 0) is 6.54 Å². The molecule has 5 heteroatoms. The van der Waals surface area contributed by atoms with E-state index in [4.69, 9.17) is 0 Å². The van der Waals surface area contributed by atoms with Gasteiger partial charge in [0.2, 0.25) is 0 Å². The van der Waals surface area contributed by atoms with Crippen LogP contribution < -0.4 is 5.56 Å². The lowest BCUT2D eigenvalue weighted by molar-refractivity contribution is 0.110. The lowest BCUT2D eigenvalue weighted by Gasteiger charge is -2.27. The van der Waals surface area contributed by atoms with Gasteiger partial charge < -0.3 is 5.11 Å². The maximum absolute atomic E-state index is 13.8. The van der Waals surface area contributed by atoms with Crippen LogP contribution in [0.5, 0.6) is 0 Å². The molecule has 3 rings (SSSR count). The molecule has 0 spiro atoms. The van der Waals surface area contributed by atoms with E-state index in [2.05, 4.69) is 4.98 Å². The van der Waals surface area contributed by atoms with E-state index in [1.54, 1.807) is 12.1 Å². The summed E-state index contributed by atoms with van der Waals surface area (Å²) in [5.74, 6) is -0.543. The van der Waals surface area contributed by atoms with Gasteiger partial charge in [0, 0.05) is 12.0 Å². The largest absolute Gasteiger partial charge is 0.396 e. The number of hydrogen-bond acceptors (Lipinski definition) is 3. The second-order valence-electron chi connectivity index (χ2n) is 5.68. The number of aromatic nitrogens is 2. The molecule has 0 bridgehead atoms. The Bertz CT molecular complexity index is 690. The Balaban J connectivity index is 2.07. The lowest BCUT2D eigenvalue weighted by Crippen LogP contribution is -2.33. The first-order valence-electron chi connectivity index (χ1n) is 6.90. The number of aliphatic hydroxyl groups is 1. The average Bonchev–Trinajstić information content (AvgIpc) is 2.91. The minimum Gasteiger partial charge on any atom is -0.396 e. The van der Waals surface area contributed by atoms with Crippen molar-refractivity contribution >= 4 is 10.9 Å². The van der Waals surface area contributed by atoms with Crippen LogP contribution in [0, 0.1) is 11.2 Å². The van der Waals surface area contributed by atoms with Crippen LogP contribution in [0.2, 0.25) is 0 Å². The fraction of sp³-hybridized carbons (Fsp3) is 0.467. The molecule has 1 aliphatic carbocycles. The summed E-state index contributed by atoms with van der Waals surface area (Å²) in [5, 5.41) is 9.66. The number of fused-ring (bicyclic) bond motifs is 1. The summed E-state index contributed by atoms with van der Waals surface area (Å²) < 4.78 is 15.3. The third-order valence-corrected chi connectivity index (χ3v) is 4.31. The van der Waals surface area contributed by atoms with Crippen LogP contribution in [0.1, 0.15) is 25.7 Å². The second-order valence-corrected chi connectivity index (χ2v) is 5.68. The van der Waals surface area contributed by atoms with Gasteiger partial charge in [-0.25, -0.2) is 9.37 Å². The third kappa shape index (κ3) is 2.12. The molecule has 1 aromatic carbocycles. The molecule has 1 aliphatic rings. The minimum absolute atomic E-state index is 0.0288. The van der Waals surface area contributed by atoms with Crippen molar-refractivity contribution in [2.75, 3.05) is 6.61 Å². The highest BCUT2D eigenvalue weighted by Gasteiger charge is 2.34. The molecule has 106 valence electrons. The second kappa shape index (κ2) is 4.98. The summed E-state index contributed by atoms with van der Waals surface area (Å²) in [7, 11) is 0. The Morgan fingerprint density at radius 2 is 2.10 bits per heavy atom. The van der Waals surface area contributed by atoms with Gasteiger partial charge >= 0.3 is 0 Å². The topological polar surface area (TPSA) is 55.1 Å². The Morgan fingerprint density at radius 3 is 2.80 bits per heavy atom. The highest BCUT2D eigenvalue weighted by molar-refractivity contribution is 5.77. The van der Waals surface area contributed by atoms with Crippen LogP contribution in [0.4, 0.5) is 4.39 Å². The number of aliphatic hydroxyl groups excluding tert-OH is 1. The maximum atomic E-state index is 13.8. The molecule has 0 aliphatic heterocycles. The summed E-state index contributed by atoms with van der Waals surface area (Å²) in [6.07, 6.45) is 5.37. The molecule has 1 aromatic heterocycles. The molecule has 1 heterocycles. The van der Waals surface area contributed by atoms with Crippen LogP contribution >= 0.6 is 0 Å². The van der Waals surface area contributed by atoms with E-state index in [-0.39, 0.29) is 23.0 Å². The van der Waals surface area contributed by atoms with Gasteiger partial charge in [0.05, 0.1) is 18.5 Å². The van der Waals surface area contributed by atoms with Crippen molar-refractivity contribution < 1.29 is 9.50 Å². The van der Waals surface area contributed by atoms with E-state index < -0.39 is 5.82 Å². The Hall–Kier alpha value is -1.75. The monoisotopic (exact) mass is 276 g/mol. The van der Waals surface area contributed by atoms with E-state index in [0.717, 1.165) is 25.7 Å². The SMILES string of the molecule is O=c1c2c(F)cccc2ncn1CC1(CO)CCCC1. The van der Waals surface area contributed by atoms with Crippen molar-refractivity contribution in [3.05, 3.63) is 40.7 Å². The molecule has 1 fully saturated rings. The van der Waals surface area contributed by atoms with Gasteiger partial charge in [-0.05, 0) is 25.0 Å². The van der Waals surface area contributed by atoms with Crippen LogP contribution in [-0.4, -0.2) is 21.3 Å². The molecule has 1 saturated carbocycles. The summed E-state index contributed by atoms with van der Waals surface area (Å²) >= 11 is 0. The normalized spacial score (nSPS) is 17.7. The van der Waals surface area contributed by atoms with E-state index in [1.807, 2.05) is 0 Å². The zero-order chi connectivity index (χ0) is 14.2. The molecule has 2 aromatic rings. The minimum atomic E-state index is -0.543. The van der Waals surface area contributed by atoms with E-state index >= 15 is 0 Å². The van der Waals surface area contributed by atoms with Crippen molar-refractivity contribution in [3.63, 3.8) is 0 Å². The third-order valence-electron chi connectivity index (χ3n) is 4.31. The highest BCUT2D eigenvalue weighted by atomic mass is 19.1. The van der Waals surface area contributed by atoms with Crippen molar-refractivity contribution in [2.45, 2.75) is 32.2 Å². The summed E-state index contributed by atoms with van der Waals surface area (Å²) in [6.45, 7) is 0.453. The van der Waals surface area contributed by atoms with Gasteiger partial charge in [0.1, 0.15) is 11.2 Å². The first kappa shape index (κ1) is 13.2. The van der Waals surface area contributed by atoms with Gasteiger partial charge in [0.25, 0.3) is 5.56 Å². The molecule has 1 N–H and O–H groups in total. The Morgan fingerprint density at radius 1 is 1.35 bits per heavy atom. The zero-order valence-electron chi connectivity index (χ0n) is 11.2. The summed E-state index contributed by atoms with van der Waals surface area (Å²) in [5.41, 5.74) is -0.256. The number of halogens is 1. The standard InChI is InChI=1S/C15H17FN2O2/c16-11-4-3-5-12-13(11)14(20)18(10-17-12)8-15(9-19)6-1-2-7-15/h3-5,10,19H,1-2,6-9H2.